The molecule has 3 rings (SSSR count). The first kappa shape index (κ1) is 19.9. The van der Waals surface area contributed by atoms with Crippen molar-refractivity contribution in [3.8, 4) is 6.07 Å². The van der Waals surface area contributed by atoms with Gasteiger partial charge in [0.1, 0.15) is 0 Å². The summed E-state index contributed by atoms with van der Waals surface area (Å²) in [4.78, 5) is 15.2. The van der Waals surface area contributed by atoms with Crippen LogP contribution in [0, 0.1) is 11.3 Å². The van der Waals surface area contributed by atoms with E-state index in [4.69, 9.17) is 5.26 Å². The van der Waals surface area contributed by atoms with E-state index in [0.717, 1.165) is 37.2 Å². The van der Waals surface area contributed by atoms with Gasteiger partial charge in [-0.25, -0.2) is 0 Å². The summed E-state index contributed by atoms with van der Waals surface area (Å²) in [5.41, 5.74) is 3.72. The Balaban J connectivity index is 1.60. The van der Waals surface area contributed by atoms with Crippen LogP contribution in [0.15, 0.2) is 48.5 Å². The van der Waals surface area contributed by atoms with Gasteiger partial charge < -0.3 is 15.5 Å². The van der Waals surface area contributed by atoms with Crippen LogP contribution in [-0.2, 0) is 11.3 Å². The van der Waals surface area contributed by atoms with Crippen molar-refractivity contribution in [3.05, 3.63) is 59.7 Å². The predicted octanol–water partition coefficient (Wildman–Crippen LogP) is 4.06. The molecule has 1 heterocycles. The predicted molar refractivity (Wildman–Crippen MR) is 113 cm³/mol. The van der Waals surface area contributed by atoms with E-state index in [1.165, 1.54) is 18.5 Å². The Hall–Kier alpha value is -2.84. The lowest BCUT2D eigenvalue weighted by atomic mass is 10.1. The highest BCUT2D eigenvalue weighted by atomic mass is 16.2. The highest BCUT2D eigenvalue weighted by Gasteiger charge is 2.18. The van der Waals surface area contributed by atoms with Crippen LogP contribution in [0.3, 0.4) is 0 Å². The van der Waals surface area contributed by atoms with Crippen LogP contribution < -0.4 is 15.5 Å². The normalized spacial score (nSPS) is 14.5. The SMILES string of the molecule is CCCC(NCc1ccc(C#N)cc1)C(=O)Nc1cccc(N2CCCC2)c1. The lowest BCUT2D eigenvalue weighted by Crippen LogP contribution is -2.40. The average Bonchev–Trinajstić information content (AvgIpc) is 3.26. The molecular formula is C23H28N4O. The highest BCUT2D eigenvalue weighted by Crippen LogP contribution is 2.23. The van der Waals surface area contributed by atoms with Gasteiger partial charge in [0.05, 0.1) is 17.7 Å². The Morgan fingerprint density at radius 2 is 1.93 bits per heavy atom. The summed E-state index contributed by atoms with van der Waals surface area (Å²) in [5, 5.41) is 15.3. The molecule has 0 radical (unpaired) electrons. The molecule has 0 spiro atoms. The van der Waals surface area contributed by atoms with Gasteiger partial charge in [-0.1, -0.05) is 31.5 Å². The first-order valence-corrected chi connectivity index (χ1v) is 10.1. The molecule has 1 atom stereocenters. The third-order valence-corrected chi connectivity index (χ3v) is 5.11. The molecule has 1 aliphatic heterocycles. The summed E-state index contributed by atoms with van der Waals surface area (Å²) < 4.78 is 0. The molecule has 2 N–H and O–H groups in total. The van der Waals surface area contributed by atoms with Gasteiger partial charge in [-0.15, -0.1) is 0 Å². The van der Waals surface area contributed by atoms with Crippen molar-refractivity contribution in [1.82, 2.24) is 5.32 Å². The molecule has 1 fully saturated rings. The van der Waals surface area contributed by atoms with E-state index in [1.807, 2.05) is 24.3 Å². The Morgan fingerprint density at radius 1 is 1.18 bits per heavy atom. The Labute approximate surface area is 167 Å². The molecule has 28 heavy (non-hydrogen) atoms. The van der Waals surface area contributed by atoms with Gasteiger partial charge in [-0.2, -0.15) is 5.26 Å². The zero-order valence-corrected chi connectivity index (χ0v) is 16.4. The molecule has 0 saturated carbocycles. The van der Waals surface area contributed by atoms with Gasteiger partial charge in [0, 0.05) is 31.0 Å². The van der Waals surface area contributed by atoms with E-state index in [9.17, 15) is 4.79 Å². The monoisotopic (exact) mass is 376 g/mol. The van der Waals surface area contributed by atoms with Crippen molar-refractivity contribution in [3.63, 3.8) is 0 Å². The highest BCUT2D eigenvalue weighted by molar-refractivity contribution is 5.95. The summed E-state index contributed by atoms with van der Waals surface area (Å²) in [6.45, 7) is 4.85. The lowest BCUT2D eigenvalue weighted by Gasteiger charge is -2.20. The van der Waals surface area contributed by atoms with Crippen LogP contribution in [0.2, 0.25) is 0 Å². The zero-order valence-electron chi connectivity index (χ0n) is 16.4. The van der Waals surface area contributed by atoms with E-state index in [-0.39, 0.29) is 11.9 Å². The van der Waals surface area contributed by atoms with Crippen LogP contribution >= 0.6 is 0 Å². The van der Waals surface area contributed by atoms with Crippen molar-refractivity contribution >= 4 is 17.3 Å². The van der Waals surface area contributed by atoms with Gasteiger partial charge in [-0.3, -0.25) is 4.79 Å². The van der Waals surface area contributed by atoms with Gasteiger partial charge >= 0.3 is 0 Å². The summed E-state index contributed by atoms with van der Waals surface area (Å²) in [7, 11) is 0. The lowest BCUT2D eigenvalue weighted by molar-refractivity contribution is -0.118. The van der Waals surface area contributed by atoms with E-state index >= 15 is 0 Å². The number of hydrogen-bond acceptors (Lipinski definition) is 4. The van der Waals surface area contributed by atoms with Crippen LogP contribution in [0.5, 0.6) is 0 Å². The standard InChI is InChI=1S/C23H28N4O/c1-2-6-22(25-17-19-11-9-18(16-24)10-12-19)23(28)26-20-7-5-8-21(15-20)27-13-3-4-14-27/h5,7-12,15,22,25H,2-4,6,13-14,17H2,1H3,(H,26,28). The number of carbonyl (C=O) groups is 1. The van der Waals surface area contributed by atoms with Crippen LogP contribution in [0.25, 0.3) is 0 Å². The minimum absolute atomic E-state index is 0.00549. The largest absolute Gasteiger partial charge is 0.371 e. The number of benzene rings is 2. The van der Waals surface area contributed by atoms with E-state index in [1.54, 1.807) is 12.1 Å². The summed E-state index contributed by atoms with van der Waals surface area (Å²) in [6.07, 6.45) is 4.16. The molecule has 5 nitrogen and oxygen atoms in total. The zero-order chi connectivity index (χ0) is 19.8. The molecular weight excluding hydrogens is 348 g/mol. The quantitative estimate of drug-likeness (QED) is 0.729. The summed E-state index contributed by atoms with van der Waals surface area (Å²) in [6, 6.07) is 17.4. The molecule has 1 amide bonds. The second-order valence-corrected chi connectivity index (χ2v) is 7.26. The molecule has 1 unspecified atom stereocenters. The Bertz CT molecular complexity index is 819. The first-order chi connectivity index (χ1) is 13.7. The topological polar surface area (TPSA) is 68.2 Å². The maximum absolute atomic E-state index is 12.8. The molecule has 146 valence electrons. The second-order valence-electron chi connectivity index (χ2n) is 7.26. The van der Waals surface area contributed by atoms with Gasteiger partial charge in [0.2, 0.25) is 5.91 Å². The van der Waals surface area contributed by atoms with Crippen molar-refractivity contribution < 1.29 is 4.79 Å². The fraction of sp³-hybridized carbons (Fsp3) is 0.391. The maximum Gasteiger partial charge on any atom is 0.241 e. The molecule has 2 aromatic rings. The molecule has 0 bridgehead atoms. The molecule has 1 saturated heterocycles. The van der Waals surface area contributed by atoms with Crippen molar-refractivity contribution in [2.45, 2.75) is 45.2 Å². The average molecular weight is 377 g/mol. The van der Waals surface area contributed by atoms with E-state index in [0.29, 0.717) is 12.1 Å². The summed E-state index contributed by atoms with van der Waals surface area (Å²) in [5.74, 6) is -0.00549. The number of nitriles is 1. The first-order valence-electron chi connectivity index (χ1n) is 10.1. The maximum atomic E-state index is 12.8. The Kier molecular flexibility index (Phi) is 7.05. The third kappa shape index (κ3) is 5.34. The second kappa shape index (κ2) is 9.91. The minimum atomic E-state index is -0.254. The van der Waals surface area contributed by atoms with Gasteiger partial charge in [-0.05, 0) is 55.2 Å². The number of carbonyl (C=O) groups excluding carboxylic acids is 1. The number of anilines is 2. The Morgan fingerprint density at radius 3 is 2.61 bits per heavy atom. The van der Waals surface area contributed by atoms with Gasteiger partial charge in [0.15, 0.2) is 0 Å². The van der Waals surface area contributed by atoms with Gasteiger partial charge in [0.25, 0.3) is 0 Å². The molecule has 2 aromatic carbocycles. The molecule has 0 aromatic heterocycles. The number of rotatable bonds is 8. The van der Waals surface area contributed by atoms with Crippen LogP contribution in [0.4, 0.5) is 11.4 Å². The van der Waals surface area contributed by atoms with E-state index in [2.05, 4.69) is 40.7 Å². The fourth-order valence-corrected chi connectivity index (χ4v) is 3.54. The van der Waals surface area contributed by atoms with Crippen molar-refractivity contribution in [2.75, 3.05) is 23.3 Å². The number of nitrogens with zero attached hydrogens (tertiary/aromatic N) is 2. The number of nitrogens with one attached hydrogen (secondary N) is 2. The van der Waals surface area contributed by atoms with Crippen molar-refractivity contribution in [1.29, 1.82) is 5.26 Å². The molecule has 0 aliphatic carbocycles. The molecule has 5 heteroatoms. The molecule has 1 aliphatic rings. The number of hydrogen-bond donors (Lipinski definition) is 2. The van der Waals surface area contributed by atoms with Crippen LogP contribution in [-0.4, -0.2) is 25.0 Å². The third-order valence-electron chi connectivity index (χ3n) is 5.11. The minimum Gasteiger partial charge on any atom is -0.371 e. The number of amides is 1. The fourth-order valence-electron chi connectivity index (χ4n) is 3.54. The van der Waals surface area contributed by atoms with Crippen molar-refractivity contribution in [2.24, 2.45) is 0 Å². The van der Waals surface area contributed by atoms with E-state index < -0.39 is 0 Å². The summed E-state index contributed by atoms with van der Waals surface area (Å²) >= 11 is 0. The smallest absolute Gasteiger partial charge is 0.241 e. The van der Waals surface area contributed by atoms with Crippen LogP contribution in [0.1, 0.15) is 43.7 Å².